The summed E-state index contributed by atoms with van der Waals surface area (Å²) in [6.45, 7) is 0.699. The van der Waals surface area contributed by atoms with Crippen molar-refractivity contribution in [2.24, 2.45) is 4.99 Å². The van der Waals surface area contributed by atoms with E-state index in [-0.39, 0.29) is 5.56 Å². The molecular formula is C13H12F3N3. The van der Waals surface area contributed by atoms with Crippen LogP contribution in [-0.4, -0.2) is 12.4 Å². The molecular weight excluding hydrogens is 255 g/mol. The van der Waals surface area contributed by atoms with Crippen LogP contribution >= 0.6 is 0 Å². The predicted molar refractivity (Wildman–Crippen MR) is 65.9 cm³/mol. The van der Waals surface area contributed by atoms with Crippen LogP contribution in [0.1, 0.15) is 30.4 Å². The average molecular weight is 267 g/mol. The number of nitrogens with one attached hydrogen (secondary N) is 1. The van der Waals surface area contributed by atoms with E-state index in [1.807, 2.05) is 0 Å². The molecule has 1 heterocycles. The van der Waals surface area contributed by atoms with Gasteiger partial charge in [0.2, 0.25) is 0 Å². The molecule has 0 amide bonds. The van der Waals surface area contributed by atoms with Crippen LogP contribution in [0.25, 0.3) is 0 Å². The number of rotatable bonds is 1. The van der Waals surface area contributed by atoms with E-state index in [9.17, 15) is 13.2 Å². The van der Waals surface area contributed by atoms with Gasteiger partial charge in [-0.2, -0.15) is 18.4 Å². The van der Waals surface area contributed by atoms with E-state index in [2.05, 4.69) is 10.3 Å². The van der Waals surface area contributed by atoms with Crippen molar-refractivity contribution in [3.05, 3.63) is 29.3 Å². The second-order valence-corrected chi connectivity index (χ2v) is 4.28. The molecule has 0 saturated heterocycles. The van der Waals surface area contributed by atoms with E-state index in [1.165, 1.54) is 12.1 Å². The highest BCUT2D eigenvalue weighted by Gasteiger charge is 2.33. The van der Waals surface area contributed by atoms with Crippen LogP contribution in [0, 0.1) is 11.3 Å². The average Bonchev–Trinajstić information content (AvgIpc) is 2.39. The lowest BCUT2D eigenvalue weighted by Crippen LogP contribution is -2.17. The molecule has 0 bridgehead atoms. The fourth-order valence-corrected chi connectivity index (χ4v) is 1.92. The van der Waals surface area contributed by atoms with Gasteiger partial charge in [-0.25, -0.2) is 0 Å². The Bertz CT molecular complexity index is 541. The van der Waals surface area contributed by atoms with Crippen LogP contribution in [0.5, 0.6) is 0 Å². The van der Waals surface area contributed by atoms with Crippen LogP contribution < -0.4 is 5.32 Å². The van der Waals surface area contributed by atoms with Crippen molar-refractivity contribution in [2.75, 3.05) is 11.9 Å². The first-order valence-electron chi connectivity index (χ1n) is 5.92. The zero-order valence-electron chi connectivity index (χ0n) is 10.1. The first-order valence-corrected chi connectivity index (χ1v) is 5.92. The van der Waals surface area contributed by atoms with E-state index >= 15 is 0 Å². The summed E-state index contributed by atoms with van der Waals surface area (Å²) in [7, 11) is 0. The van der Waals surface area contributed by atoms with Gasteiger partial charge in [-0.15, -0.1) is 0 Å². The van der Waals surface area contributed by atoms with E-state index in [1.54, 1.807) is 6.07 Å². The fourth-order valence-electron chi connectivity index (χ4n) is 1.92. The second-order valence-electron chi connectivity index (χ2n) is 4.28. The molecule has 1 aromatic rings. The highest BCUT2D eigenvalue weighted by atomic mass is 19.4. The van der Waals surface area contributed by atoms with Gasteiger partial charge in [0, 0.05) is 18.7 Å². The molecule has 1 aliphatic rings. The molecule has 0 atom stereocenters. The number of anilines is 1. The van der Waals surface area contributed by atoms with Gasteiger partial charge in [0.15, 0.2) is 0 Å². The van der Waals surface area contributed by atoms with E-state index in [0.29, 0.717) is 18.1 Å². The number of aliphatic imine (C=N–C) groups is 1. The number of amidine groups is 1. The third-order valence-electron chi connectivity index (χ3n) is 2.86. The Morgan fingerprint density at radius 3 is 2.63 bits per heavy atom. The standard InChI is InChI=1S/C13H12F3N3/c14-13(15,16)11-7-10(5-4-9(11)8-17)19-12-3-1-2-6-18-12/h4-5,7H,1-3,6H2,(H,18,19). The zero-order chi connectivity index (χ0) is 13.9. The SMILES string of the molecule is N#Cc1ccc(NC2=NCCCC2)cc1C(F)(F)F. The summed E-state index contributed by atoms with van der Waals surface area (Å²) in [5, 5.41) is 11.6. The van der Waals surface area contributed by atoms with Crippen LogP contribution in [0.2, 0.25) is 0 Å². The van der Waals surface area contributed by atoms with E-state index in [4.69, 9.17) is 5.26 Å². The number of hydrogen-bond donors (Lipinski definition) is 1. The van der Waals surface area contributed by atoms with Gasteiger partial charge in [0.1, 0.15) is 5.84 Å². The van der Waals surface area contributed by atoms with Gasteiger partial charge < -0.3 is 5.32 Å². The molecule has 1 aromatic carbocycles. The third kappa shape index (κ3) is 3.25. The molecule has 3 nitrogen and oxygen atoms in total. The van der Waals surface area contributed by atoms with Gasteiger partial charge in [-0.05, 0) is 31.0 Å². The number of alkyl halides is 3. The van der Waals surface area contributed by atoms with E-state index in [0.717, 1.165) is 25.3 Å². The number of nitrogens with zero attached hydrogens (tertiary/aromatic N) is 2. The Labute approximate surface area is 108 Å². The largest absolute Gasteiger partial charge is 0.417 e. The normalized spacial score (nSPS) is 15.6. The first kappa shape index (κ1) is 13.4. The Kier molecular flexibility index (Phi) is 3.74. The molecule has 100 valence electrons. The third-order valence-corrected chi connectivity index (χ3v) is 2.86. The molecule has 6 heteroatoms. The topological polar surface area (TPSA) is 48.2 Å². The summed E-state index contributed by atoms with van der Waals surface area (Å²) in [5.74, 6) is 0.698. The Balaban J connectivity index is 2.28. The lowest BCUT2D eigenvalue weighted by Gasteiger charge is -2.16. The molecule has 0 aromatic heterocycles. The number of benzene rings is 1. The van der Waals surface area contributed by atoms with Crippen LogP contribution in [0.15, 0.2) is 23.2 Å². The van der Waals surface area contributed by atoms with Crippen molar-refractivity contribution >= 4 is 11.5 Å². The minimum absolute atomic E-state index is 0.312. The molecule has 1 N–H and O–H groups in total. The van der Waals surface area contributed by atoms with Gasteiger partial charge in [-0.3, -0.25) is 4.99 Å². The molecule has 0 fully saturated rings. The van der Waals surface area contributed by atoms with Crippen molar-refractivity contribution in [3.63, 3.8) is 0 Å². The molecule has 0 radical (unpaired) electrons. The fraction of sp³-hybridized carbons (Fsp3) is 0.385. The molecule has 1 aliphatic heterocycles. The lowest BCUT2D eigenvalue weighted by molar-refractivity contribution is -0.137. The summed E-state index contributed by atoms with van der Waals surface area (Å²) in [5.41, 5.74) is -0.980. The van der Waals surface area contributed by atoms with Crippen LogP contribution in [0.4, 0.5) is 18.9 Å². The number of halogens is 3. The van der Waals surface area contributed by atoms with Gasteiger partial charge in [0.05, 0.1) is 17.2 Å². The highest BCUT2D eigenvalue weighted by molar-refractivity contribution is 5.95. The van der Waals surface area contributed by atoms with Crippen molar-refractivity contribution < 1.29 is 13.2 Å². The summed E-state index contributed by atoms with van der Waals surface area (Å²) in [4.78, 5) is 4.22. The monoisotopic (exact) mass is 267 g/mol. The van der Waals surface area contributed by atoms with Crippen molar-refractivity contribution in [2.45, 2.75) is 25.4 Å². The molecule has 0 spiro atoms. The summed E-state index contributed by atoms with van der Waals surface area (Å²) >= 11 is 0. The predicted octanol–water partition coefficient (Wildman–Crippen LogP) is 3.57. The Morgan fingerprint density at radius 2 is 2.05 bits per heavy atom. The molecule has 0 aliphatic carbocycles. The Morgan fingerprint density at radius 1 is 1.26 bits per heavy atom. The highest BCUT2D eigenvalue weighted by Crippen LogP contribution is 2.33. The minimum Gasteiger partial charge on any atom is -0.344 e. The maximum Gasteiger partial charge on any atom is 0.417 e. The Hall–Kier alpha value is -2.03. The van der Waals surface area contributed by atoms with Crippen molar-refractivity contribution in [1.29, 1.82) is 5.26 Å². The van der Waals surface area contributed by atoms with Crippen LogP contribution in [-0.2, 0) is 6.18 Å². The van der Waals surface area contributed by atoms with Gasteiger partial charge in [-0.1, -0.05) is 0 Å². The molecule has 2 rings (SSSR count). The molecule has 0 unspecified atom stereocenters. The molecule has 0 saturated carbocycles. The summed E-state index contributed by atoms with van der Waals surface area (Å²) < 4.78 is 38.4. The number of nitriles is 1. The maximum atomic E-state index is 12.8. The van der Waals surface area contributed by atoms with Gasteiger partial charge >= 0.3 is 6.18 Å². The molecule has 19 heavy (non-hydrogen) atoms. The first-order chi connectivity index (χ1) is 9.00. The smallest absolute Gasteiger partial charge is 0.344 e. The number of hydrogen-bond acceptors (Lipinski definition) is 3. The van der Waals surface area contributed by atoms with Gasteiger partial charge in [0.25, 0.3) is 0 Å². The minimum atomic E-state index is -4.53. The maximum absolute atomic E-state index is 12.8. The summed E-state index contributed by atoms with van der Waals surface area (Å²) in [6.07, 6.45) is -1.81. The summed E-state index contributed by atoms with van der Waals surface area (Å²) in [6, 6.07) is 5.15. The second kappa shape index (κ2) is 5.31. The zero-order valence-corrected chi connectivity index (χ0v) is 10.1. The lowest BCUT2D eigenvalue weighted by atomic mass is 10.1. The van der Waals surface area contributed by atoms with Crippen LogP contribution in [0.3, 0.4) is 0 Å². The quantitative estimate of drug-likeness (QED) is 0.845. The van der Waals surface area contributed by atoms with Crippen molar-refractivity contribution in [1.82, 2.24) is 0 Å². The van der Waals surface area contributed by atoms with Crippen molar-refractivity contribution in [3.8, 4) is 6.07 Å². The van der Waals surface area contributed by atoms with E-state index < -0.39 is 11.7 Å².